The summed E-state index contributed by atoms with van der Waals surface area (Å²) in [4.78, 5) is 11.3. The highest BCUT2D eigenvalue weighted by atomic mass is 35.5. The molecule has 0 fully saturated rings. The first-order valence-electron chi connectivity index (χ1n) is 6.19. The Hall–Kier alpha value is -2.70. The van der Waals surface area contributed by atoms with Gasteiger partial charge in [-0.3, -0.25) is 9.52 Å². The molecule has 0 spiro atoms. The second kappa shape index (κ2) is 7.04. The van der Waals surface area contributed by atoms with Crippen molar-refractivity contribution in [2.75, 3.05) is 10.0 Å². The average Bonchev–Trinajstić information content (AvgIpc) is 2.50. The Kier molecular flexibility index (Phi) is 5.10. The summed E-state index contributed by atoms with van der Waals surface area (Å²) in [5.41, 5.74) is 0.385. The van der Waals surface area contributed by atoms with Crippen LogP contribution in [0.2, 0.25) is 5.15 Å². The molecule has 23 heavy (non-hydrogen) atoms. The van der Waals surface area contributed by atoms with E-state index in [0.29, 0.717) is 5.69 Å². The Balaban J connectivity index is 2.12. The average molecular weight is 352 g/mol. The minimum absolute atomic E-state index is 0.0208. The molecule has 0 aliphatic carbocycles. The number of hydrogen-bond acceptors (Lipinski definition) is 6. The lowest BCUT2D eigenvalue weighted by Crippen LogP contribution is -2.14. The number of hydrogen-bond donors (Lipinski definition) is 2. The van der Waals surface area contributed by atoms with E-state index in [1.807, 2.05) is 0 Å². The third kappa shape index (κ3) is 4.64. The first-order valence-corrected chi connectivity index (χ1v) is 8.06. The van der Waals surface area contributed by atoms with Gasteiger partial charge in [0.15, 0.2) is 11.0 Å². The topological polar surface area (TPSA) is 125 Å². The molecule has 0 atom stereocenters. The summed E-state index contributed by atoms with van der Waals surface area (Å²) in [5.74, 6) is -0.446. The molecular weight excluding hydrogens is 342 g/mol. The number of halogens is 1. The van der Waals surface area contributed by atoms with E-state index < -0.39 is 15.9 Å². The number of amides is 1. The van der Waals surface area contributed by atoms with Crippen molar-refractivity contribution in [2.45, 2.75) is 11.3 Å². The fraction of sp³-hybridized carbons (Fsp3) is 0.0769. The van der Waals surface area contributed by atoms with Crippen molar-refractivity contribution < 1.29 is 13.2 Å². The Morgan fingerprint density at radius 1 is 1.17 bits per heavy atom. The van der Waals surface area contributed by atoms with Crippen LogP contribution in [-0.4, -0.2) is 24.5 Å². The molecule has 0 saturated heterocycles. The van der Waals surface area contributed by atoms with Crippen molar-refractivity contribution >= 4 is 39.0 Å². The zero-order chi connectivity index (χ0) is 16.9. The van der Waals surface area contributed by atoms with Gasteiger partial charge in [-0.25, -0.2) is 8.42 Å². The van der Waals surface area contributed by atoms with E-state index in [1.54, 1.807) is 6.07 Å². The maximum absolute atomic E-state index is 12.2. The van der Waals surface area contributed by atoms with E-state index >= 15 is 0 Å². The largest absolute Gasteiger partial charge is 0.325 e. The molecule has 2 rings (SSSR count). The molecule has 0 aliphatic rings. The predicted molar refractivity (Wildman–Crippen MR) is 83.2 cm³/mol. The van der Waals surface area contributed by atoms with Gasteiger partial charge in [0.25, 0.3) is 10.0 Å². The van der Waals surface area contributed by atoms with E-state index in [4.69, 9.17) is 16.9 Å². The number of carbonyl (C=O) groups is 1. The van der Waals surface area contributed by atoms with Crippen molar-refractivity contribution in [3.8, 4) is 6.07 Å². The van der Waals surface area contributed by atoms with E-state index in [1.165, 1.54) is 36.4 Å². The van der Waals surface area contributed by atoms with E-state index in [9.17, 15) is 13.2 Å². The van der Waals surface area contributed by atoms with E-state index in [2.05, 4.69) is 20.2 Å². The highest BCUT2D eigenvalue weighted by Crippen LogP contribution is 2.17. The Morgan fingerprint density at radius 3 is 2.43 bits per heavy atom. The molecule has 10 heteroatoms. The van der Waals surface area contributed by atoms with Crippen molar-refractivity contribution in [3.63, 3.8) is 0 Å². The number of rotatable bonds is 5. The highest BCUT2D eigenvalue weighted by Gasteiger charge is 2.15. The number of aromatic nitrogens is 2. The molecular formula is C13H10ClN5O3S. The number of nitrogens with one attached hydrogen (secondary N) is 2. The molecule has 0 unspecified atom stereocenters. The van der Waals surface area contributed by atoms with Crippen molar-refractivity contribution in [3.05, 3.63) is 41.6 Å². The van der Waals surface area contributed by atoms with Crippen LogP contribution in [0.3, 0.4) is 0 Å². The molecule has 2 N–H and O–H groups in total. The normalized spacial score (nSPS) is 10.6. The number of nitriles is 1. The second-order valence-corrected chi connectivity index (χ2v) is 6.32. The molecule has 0 bridgehead atoms. The molecule has 0 radical (unpaired) electrons. The first kappa shape index (κ1) is 16.7. The molecule has 8 nitrogen and oxygen atoms in total. The quantitative estimate of drug-likeness (QED) is 0.845. The van der Waals surface area contributed by atoms with Crippen LogP contribution in [-0.2, 0) is 14.8 Å². The second-order valence-electron chi connectivity index (χ2n) is 4.25. The lowest BCUT2D eigenvalue weighted by atomic mass is 10.3. The Labute approximate surface area is 137 Å². The van der Waals surface area contributed by atoms with Gasteiger partial charge in [0.05, 0.1) is 11.0 Å². The lowest BCUT2D eigenvalue weighted by Gasteiger charge is -2.08. The third-order valence-electron chi connectivity index (χ3n) is 2.56. The Morgan fingerprint density at radius 2 is 1.87 bits per heavy atom. The van der Waals surface area contributed by atoms with Crippen molar-refractivity contribution in [2.24, 2.45) is 0 Å². The van der Waals surface area contributed by atoms with Gasteiger partial charge in [-0.1, -0.05) is 11.6 Å². The SMILES string of the molecule is N#CCC(=O)Nc1ccc(S(=O)(=O)Nc2ccc(Cl)nn2)cc1. The molecule has 1 amide bonds. The lowest BCUT2D eigenvalue weighted by molar-refractivity contribution is -0.115. The summed E-state index contributed by atoms with van der Waals surface area (Å²) in [5, 5.41) is 18.2. The Bertz CT molecular complexity index is 845. The zero-order valence-electron chi connectivity index (χ0n) is 11.5. The van der Waals surface area contributed by atoms with Crippen molar-refractivity contribution in [1.82, 2.24) is 10.2 Å². The van der Waals surface area contributed by atoms with Crippen molar-refractivity contribution in [1.29, 1.82) is 5.26 Å². The van der Waals surface area contributed by atoms with Gasteiger partial charge in [0, 0.05) is 5.69 Å². The van der Waals surface area contributed by atoms with Gasteiger partial charge in [0.1, 0.15) is 6.42 Å². The third-order valence-corrected chi connectivity index (χ3v) is 4.13. The van der Waals surface area contributed by atoms with Crippen LogP contribution in [0.4, 0.5) is 11.5 Å². The molecule has 1 heterocycles. The predicted octanol–water partition coefficient (Wildman–Crippen LogP) is 1.78. The summed E-state index contributed by atoms with van der Waals surface area (Å²) in [6, 6.07) is 9.95. The fourth-order valence-corrected chi connectivity index (χ4v) is 2.66. The monoisotopic (exact) mass is 351 g/mol. The number of anilines is 2. The number of benzene rings is 1. The summed E-state index contributed by atoms with van der Waals surface area (Å²) in [6.45, 7) is 0. The smallest absolute Gasteiger partial charge is 0.263 e. The van der Waals surface area contributed by atoms with Gasteiger partial charge in [-0.15, -0.1) is 10.2 Å². The number of nitrogens with zero attached hydrogens (tertiary/aromatic N) is 3. The molecule has 118 valence electrons. The number of sulfonamides is 1. The van der Waals surface area contributed by atoms with Crippen LogP contribution in [0, 0.1) is 11.3 Å². The van der Waals surface area contributed by atoms with Crippen LogP contribution in [0.25, 0.3) is 0 Å². The minimum Gasteiger partial charge on any atom is -0.325 e. The summed E-state index contributed by atoms with van der Waals surface area (Å²) in [7, 11) is -3.84. The summed E-state index contributed by atoms with van der Waals surface area (Å²) >= 11 is 5.58. The first-order chi connectivity index (χ1) is 10.9. The van der Waals surface area contributed by atoms with Crippen LogP contribution in [0.5, 0.6) is 0 Å². The molecule has 1 aromatic carbocycles. The molecule has 2 aromatic rings. The van der Waals surface area contributed by atoms with E-state index in [0.717, 1.165) is 0 Å². The fourth-order valence-electron chi connectivity index (χ4n) is 1.56. The van der Waals surface area contributed by atoms with Gasteiger partial charge in [-0.2, -0.15) is 5.26 Å². The van der Waals surface area contributed by atoms with Crippen LogP contribution >= 0.6 is 11.6 Å². The van der Waals surface area contributed by atoms with Gasteiger partial charge in [0.2, 0.25) is 5.91 Å². The van der Waals surface area contributed by atoms with Gasteiger partial charge in [-0.05, 0) is 36.4 Å². The van der Waals surface area contributed by atoms with Crippen LogP contribution in [0.15, 0.2) is 41.3 Å². The molecule has 0 aliphatic heterocycles. The summed E-state index contributed by atoms with van der Waals surface area (Å²) in [6.07, 6.45) is -0.281. The summed E-state index contributed by atoms with van der Waals surface area (Å²) < 4.78 is 26.6. The van der Waals surface area contributed by atoms with Crippen LogP contribution < -0.4 is 10.0 Å². The molecule has 1 aromatic heterocycles. The van der Waals surface area contributed by atoms with E-state index in [-0.39, 0.29) is 22.3 Å². The maximum atomic E-state index is 12.2. The van der Waals surface area contributed by atoms with Gasteiger partial charge < -0.3 is 5.32 Å². The molecule has 0 saturated carbocycles. The minimum atomic E-state index is -3.84. The highest BCUT2D eigenvalue weighted by molar-refractivity contribution is 7.92. The standard InChI is InChI=1S/C13H10ClN5O3S/c14-11-5-6-12(18-17-11)19-23(21,22)10-3-1-9(2-4-10)16-13(20)7-8-15/h1-6H,7H2,(H,16,20)(H,18,19). The maximum Gasteiger partial charge on any atom is 0.263 e. The van der Waals surface area contributed by atoms with Gasteiger partial charge >= 0.3 is 0 Å². The zero-order valence-corrected chi connectivity index (χ0v) is 13.1. The number of carbonyl (C=O) groups excluding carboxylic acids is 1. The van der Waals surface area contributed by atoms with Crippen LogP contribution in [0.1, 0.15) is 6.42 Å².